The van der Waals surface area contributed by atoms with Gasteiger partial charge < -0.3 is 10.4 Å². The predicted molar refractivity (Wildman–Crippen MR) is 76.5 cm³/mol. The average molecular weight is 372 g/mol. The number of aliphatic hydroxyl groups excluding tert-OH is 1. The van der Waals surface area contributed by atoms with Crippen molar-refractivity contribution in [2.45, 2.75) is 20.0 Å². The predicted octanol–water partition coefficient (Wildman–Crippen LogP) is 3.84. The number of nitrogens with one attached hydrogen (secondary N) is 1. The Morgan fingerprint density at radius 2 is 1.94 bits per heavy atom. The van der Waals surface area contributed by atoms with Gasteiger partial charge in [0.15, 0.2) is 0 Å². The maximum absolute atomic E-state index is 9.41. The third kappa shape index (κ3) is 3.36. The van der Waals surface area contributed by atoms with Crippen molar-refractivity contribution in [3.8, 4) is 0 Å². The van der Waals surface area contributed by atoms with Crippen molar-refractivity contribution in [2.24, 2.45) is 0 Å². The van der Waals surface area contributed by atoms with E-state index in [1.165, 1.54) is 5.56 Å². The highest BCUT2D eigenvalue weighted by Crippen LogP contribution is 2.33. The molecular weight excluding hydrogens is 357 g/mol. The van der Waals surface area contributed by atoms with E-state index in [4.69, 9.17) is 11.6 Å². The molecule has 0 aliphatic carbocycles. The fraction of sp³-hybridized carbons (Fsp3) is 0.455. The molecule has 0 saturated carbocycles. The molecule has 0 aromatic heterocycles. The van der Waals surface area contributed by atoms with Gasteiger partial charge in [0, 0.05) is 15.5 Å². The lowest BCUT2D eigenvalue weighted by atomic mass is 10.1. The molecule has 2 N–H and O–H groups in total. The quantitative estimate of drug-likeness (QED) is 0.788. The summed E-state index contributed by atoms with van der Waals surface area (Å²) in [6.07, 6.45) is -0.531. The largest absolute Gasteiger partial charge is 0.390 e. The number of benzene rings is 1. The van der Waals surface area contributed by atoms with Crippen LogP contribution in [0.5, 0.6) is 0 Å². The average Bonchev–Trinajstić information content (AvgIpc) is 2.25. The minimum absolute atomic E-state index is 0.235. The highest BCUT2D eigenvalue weighted by atomic mass is 79.9. The van der Waals surface area contributed by atoms with Gasteiger partial charge in [0.1, 0.15) is 0 Å². The Kier molecular flexibility index (Phi) is 5.57. The minimum atomic E-state index is -0.531. The number of rotatable bonds is 4. The van der Waals surface area contributed by atoms with Crippen LogP contribution in [0.3, 0.4) is 0 Å². The van der Waals surface area contributed by atoms with Crippen LogP contribution in [-0.2, 0) is 0 Å². The molecule has 1 aromatic carbocycles. The summed E-state index contributed by atoms with van der Waals surface area (Å²) in [4.78, 5) is 0. The Bertz CT molecular complexity index is 385. The molecule has 5 heteroatoms. The summed E-state index contributed by atoms with van der Waals surface area (Å²) in [5.41, 5.74) is 3.35. The van der Waals surface area contributed by atoms with Crippen molar-refractivity contribution in [1.29, 1.82) is 0 Å². The Morgan fingerprint density at radius 1 is 1.31 bits per heavy atom. The second-order valence-corrected chi connectivity index (χ2v) is 5.67. The number of alkyl halides is 1. The Balaban J connectivity index is 2.92. The SMILES string of the molecule is Cc1c(Br)cc(Br)c(NCC(O)CCl)c1C. The summed E-state index contributed by atoms with van der Waals surface area (Å²) < 4.78 is 2.05. The van der Waals surface area contributed by atoms with Crippen LogP contribution in [0.4, 0.5) is 5.69 Å². The molecule has 0 saturated heterocycles. The van der Waals surface area contributed by atoms with Gasteiger partial charge in [0.05, 0.1) is 17.7 Å². The van der Waals surface area contributed by atoms with E-state index in [1.807, 2.05) is 13.0 Å². The summed E-state index contributed by atoms with van der Waals surface area (Å²) >= 11 is 12.5. The number of hydrogen-bond acceptors (Lipinski definition) is 2. The van der Waals surface area contributed by atoms with Gasteiger partial charge in [-0.15, -0.1) is 11.6 Å². The molecule has 0 amide bonds. The van der Waals surface area contributed by atoms with Crippen LogP contribution in [-0.4, -0.2) is 23.6 Å². The maximum Gasteiger partial charge on any atom is 0.0847 e. The fourth-order valence-electron chi connectivity index (χ4n) is 1.33. The normalized spacial score (nSPS) is 12.6. The lowest BCUT2D eigenvalue weighted by Crippen LogP contribution is -2.21. The molecule has 0 aliphatic heterocycles. The fourth-order valence-corrected chi connectivity index (χ4v) is 2.94. The van der Waals surface area contributed by atoms with Crippen LogP contribution in [0, 0.1) is 13.8 Å². The van der Waals surface area contributed by atoms with Crippen LogP contribution < -0.4 is 5.32 Å². The number of anilines is 1. The number of halogens is 3. The lowest BCUT2D eigenvalue weighted by molar-refractivity contribution is 0.211. The summed E-state index contributed by atoms with van der Waals surface area (Å²) in [7, 11) is 0. The Labute approximate surface area is 118 Å². The van der Waals surface area contributed by atoms with Crippen LogP contribution in [0.25, 0.3) is 0 Å². The topological polar surface area (TPSA) is 32.3 Å². The Morgan fingerprint density at radius 3 is 2.50 bits per heavy atom. The molecule has 1 unspecified atom stereocenters. The Hall–Kier alpha value is 0.230. The second-order valence-electron chi connectivity index (χ2n) is 3.65. The summed E-state index contributed by atoms with van der Waals surface area (Å²) in [5.74, 6) is 0.235. The van der Waals surface area contributed by atoms with Crippen molar-refractivity contribution in [2.75, 3.05) is 17.7 Å². The monoisotopic (exact) mass is 369 g/mol. The molecule has 0 radical (unpaired) electrons. The molecule has 2 nitrogen and oxygen atoms in total. The van der Waals surface area contributed by atoms with Gasteiger partial charge >= 0.3 is 0 Å². The van der Waals surface area contributed by atoms with Crippen LogP contribution in [0.15, 0.2) is 15.0 Å². The van der Waals surface area contributed by atoms with Gasteiger partial charge in [0.2, 0.25) is 0 Å². The zero-order valence-corrected chi connectivity index (χ0v) is 13.1. The molecule has 1 atom stereocenters. The highest BCUT2D eigenvalue weighted by molar-refractivity contribution is 9.11. The molecule has 0 spiro atoms. The lowest BCUT2D eigenvalue weighted by Gasteiger charge is -2.16. The van der Waals surface area contributed by atoms with E-state index in [9.17, 15) is 5.11 Å². The van der Waals surface area contributed by atoms with Crippen LogP contribution in [0.2, 0.25) is 0 Å². The first-order valence-corrected chi connectivity index (χ1v) is 7.02. The molecule has 0 bridgehead atoms. The van der Waals surface area contributed by atoms with Gasteiger partial charge in [0.25, 0.3) is 0 Å². The van der Waals surface area contributed by atoms with Crippen molar-refractivity contribution >= 4 is 49.1 Å². The summed E-state index contributed by atoms with van der Waals surface area (Å²) in [6, 6.07) is 2.00. The van der Waals surface area contributed by atoms with Gasteiger partial charge in [-0.25, -0.2) is 0 Å². The van der Waals surface area contributed by atoms with Crippen LogP contribution in [0.1, 0.15) is 11.1 Å². The molecule has 0 fully saturated rings. The van der Waals surface area contributed by atoms with E-state index in [2.05, 4.69) is 44.1 Å². The van der Waals surface area contributed by atoms with Gasteiger partial charge in [-0.3, -0.25) is 0 Å². The summed E-state index contributed by atoms with van der Waals surface area (Å²) in [6.45, 7) is 4.54. The molecule has 1 aromatic rings. The van der Waals surface area contributed by atoms with E-state index in [1.54, 1.807) is 0 Å². The smallest absolute Gasteiger partial charge is 0.0847 e. The molecule has 90 valence electrons. The van der Waals surface area contributed by atoms with Crippen molar-refractivity contribution in [1.82, 2.24) is 0 Å². The second kappa shape index (κ2) is 6.24. The zero-order chi connectivity index (χ0) is 12.3. The van der Waals surface area contributed by atoms with E-state index in [0.29, 0.717) is 6.54 Å². The van der Waals surface area contributed by atoms with Gasteiger partial charge in [-0.05, 0) is 47.0 Å². The molecule has 0 aliphatic rings. The standard InChI is InChI=1S/C11H14Br2ClNO/c1-6-7(2)11(10(13)3-9(6)12)15-5-8(16)4-14/h3,8,15-16H,4-5H2,1-2H3. The third-order valence-electron chi connectivity index (χ3n) is 2.48. The number of hydrogen-bond donors (Lipinski definition) is 2. The number of aliphatic hydroxyl groups is 1. The third-order valence-corrected chi connectivity index (χ3v) is 4.29. The first-order chi connectivity index (χ1) is 7.47. The van der Waals surface area contributed by atoms with Gasteiger partial charge in [-0.2, -0.15) is 0 Å². The molecular formula is C11H14Br2ClNO. The molecule has 16 heavy (non-hydrogen) atoms. The van der Waals surface area contributed by atoms with E-state index < -0.39 is 6.10 Å². The van der Waals surface area contributed by atoms with E-state index in [0.717, 1.165) is 20.2 Å². The first kappa shape index (κ1) is 14.3. The maximum atomic E-state index is 9.41. The van der Waals surface area contributed by atoms with Crippen molar-refractivity contribution < 1.29 is 5.11 Å². The molecule has 1 rings (SSSR count). The highest BCUT2D eigenvalue weighted by Gasteiger charge is 2.10. The van der Waals surface area contributed by atoms with Crippen molar-refractivity contribution in [3.63, 3.8) is 0 Å². The minimum Gasteiger partial charge on any atom is -0.390 e. The van der Waals surface area contributed by atoms with Gasteiger partial charge in [-0.1, -0.05) is 15.9 Å². The molecule has 0 heterocycles. The van der Waals surface area contributed by atoms with E-state index >= 15 is 0 Å². The van der Waals surface area contributed by atoms with Crippen molar-refractivity contribution in [3.05, 3.63) is 26.1 Å². The van der Waals surface area contributed by atoms with Crippen LogP contribution >= 0.6 is 43.5 Å². The summed E-state index contributed by atoms with van der Waals surface area (Å²) in [5, 5.41) is 12.6. The van der Waals surface area contributed by atoms with E-state index in [-0.39, 0.29) is 5.88 Å². The zero-order valence-electron chi connectivity index (χ0n) is 9.15. The first-order valence-electron chi connectivity index (χ1n) is 4.90.